The number of hydrogen-bond donors (Lipinski definition) is 1. The average molecular weight is 476 g/mol. The number of nitrogens with one attached hydrogen (secondary N) is 1. The number of sulfone groups is 1. The van der Waals surface area contributed by atoms with Gasteiger partial charge in [0.1, 0.15) is 23.8 Å². The first-order chi connectivity index (χ1) is 15.8. The van der Waals surface area contributed by atoms with E-state index in [1.54, 1.807) is 6.07 Å². The number of hydrogen-bond acceptors (Lipinski definition) is 10. The molecule has 1 fully saturated rings. The van der Waals surface area contributed by atoms with E-state index in [1.165, 1.54) is 24.8 Å². The Bertz CT molecular complexity index is 1180. The third kappa shape index (κ3) is 5.45. The predicted octanol–water partition coefficient (Wildman–Crippen LogP) is 2.81. The highest BCUT2D eigenvalue weighted by Gasteiger charge is 2.28. The monoisotopic (exact) mass is 475 g/mol. The normalized spacial score (nSPS) is 16.0. The molecule has 1 aliphatic rings. The van der Waals surface area contributed by atoms with Crippen LogP contribution in [0.2, 0.25) is 0 Å². The molecule has 1 saturated heterocycles. The molecule has 1 aliphatic heterocycles. The van der Waals surface area contributed by atoms with Gasteiger partial charge in [-0.1, -0.05) is 18.5 Å². The minimum Gasteiger partial charge on any atom is -0.354 e. The van der Waals surface area contributed by atoms with Crippen molar-refractivity contribution < 1.29 is 17.3 Å². The number of anilines is 3. The molecule has 1 aromatic carbocycles. The molecule has 33 heavy (non-hydrogen) atoms. The van der Waals surface area contributed by atoms with Crippen LogP contribution < -0.4 is 10.2 Å². The van der Waals surface area contributed by atoms with Gasteiger partial charge in [-0.2, -0.15) is 4.98 Å². The maximum atomic E-state index is 14.4. The molecule has 0 bridgehead atoms. The second-order valence-corrected chi connectivity index (χ2v) is 9.92. The Hall–Kier alpha value is -3.12. The number of rotatable bonds is 8. The third-order valence-electron chi connectivity index (χ3n) is 5.59. The van der Waals surface area contributed by atoms with E-state index in [9.17, 15) is 12.8 Å². The summed E-state index contributed by atoms with van der Waals surface area (Å²) in [6, 6.07) is 5.59. The number of nitrogens with zero attached hydrogens (tertiary/aromatic N) is 6. The first-order valence-corrected chi connectivity index (χ1v) is 12.6. The molecule has 1 N–H and O–H groups in total. The molecule has 0 amide bonds. The first kappa shape index (κ1) is 23.1. The smallest absolute Gasteiger partial charge is 0.243 e. The van der Waals surface area contributed by atoms with Gasteiger partial charge in [0.15, 0.2) is 16.2 Å². The lowest BCUT2D eigenvalue weighted by Gasteiger charge is -2.38. The van der Waals surface area contributed by atoms with E-state index in [-0.39, 0.29) is 16.6 Å². The minimum atomic E-state index is -3.48. The number of halogens is 1. The third-order valence-corrected chi connectivity index (χ3v) is 6.70. The zero-order valence-electron chi connectivity index (χ0n) is 18.5. The van der Waals surface area contributed by atoms with Crippen LogP contribution in [0, 0.1) is 5.82 Å². The Morgan fingerprint density at radius 1 is 1.12 bits per heavy atom. The van der Waals surface area contributed by atoms with Crippen LogP contribution in [0.3, 0.4) is 0 Å². The van der Waals surface area contributed by atoms with Crippen LogP contribution in [0.15, 0.2) is 46.3 Å². The molecule has 2 aromatic heterocycles. The molecule has 0 radical (unpaired) electrons. The van der Waals surface area contributed by atoms with Crippen molar-refractivity contribution in [1.82, 2.24) is 25.0 Å². The van der Waals surface area contributed by atoms with Gasteiger partial charge in [-0.15, -0.1) is 0 Å². The lowest BCUT2D eigenvalue weighted by atomic mass is 10.1. The van der Waals surface area contributed by atoms with Crippen LogP contribution in [0.1, 0.15) is 31.7 Å². The molecule has 12 heteroatoms. The van der Waals surface area contributed by atoms with Crippen LogP contribution in [-0.2, 0) is 9.84 Å². The molecule has 0 aliphatic carbocycles. The van der Waals surface area contributed by atoms with E-state index in [1.807, 2.05) is 0 Å². The summed E-state index contributed by atoms with van der Waals surface area (Å²) >= 11 is 0. The van der Waals surface area contributed by atoms with Crippen molar-refractivity contribution in [3.05, 3.63) is 48.6 Å². The van der Waals surface area contributed by atoms with E-state index in [0.29, 0.717) is 11.7 Å². The van der Waals surface area contributed by atoms with Crippen molar-refractivity contribution in [3.63, 3.8) is 0 Å². The van der Waals surface area contributed by atoms with Gasteiger partial charge >= 0.3 is 0 Å². The standard InChI is InChI=1S/C21H26FN7O3S/c1-3-4-18(21-25-14-26-32-21)28-7-9-29(10-8-28)20-12-19(23-13-24-20)27-17-6-5-15(11-16(17)22)33(2,30)31/h5-6,11-14,18H,3-4,7-10H2,1-2H3,(H,23,24,27). The second kappa shape index (κ2) is 9.79. The van der Waals surface area contributed by atoms with Crippen LogP contribution >= 0.6 is 0 Å². The summed E-state index contributed by atoms with van der Waals surface area (Å²) in [6.45, 7) is 5.25. The van der Waals surface area contributed by atoms with E-state index >= 15 is 0 Å². The number of benzene rings is 1. The Labute approximate surface area is 191 Å². The van der Waals surface area contributed by atoms with Gasteiger partial charge in [-0.3, -0.25) is 4.90 Å². The van der Waals surface area contributed by atoms with Gasteiger partial charge in [-0.05, 0) is 24.6 Å². The molecular formula is C21H26FN7O3S. The maximum Gasteiger partial charge on any atom is 0.243 e. The van der Waals surface area contributed by atoms with Crippen molar-refractivity contribution in [3.8, 4) is 0 Å². The van der Waals surface area contributed by atoms with Gasteiger partial charge in [0, 0.05) is 38.5 Å². The molecule has 3 heterocycles. The van der Waals surface area contributed by atoms with Crippen molar-refractivity contribution in [1.29, 1.82) is 0 Å². The highest BCUT2D eigenvalue weighted by atomic mass is 32.2. The fraction of sp³-hybridized carbons (Fsp3) is 0.429. The Balaban J connectivity index is 1.43. The Kier molecular flexibility index (Phi) is 6.84. The summed E-state index contributed by atoms with van der Waals surface area (Å²) in [7, 11) is -3.48. The second-order valence-electron chi connectivity index (χ2n) is 7.91. The summed E-state index contributed by atoms with van der Waals surface area (Å²) < 4.78 is 43.0. The topological polar surface area (TPSA) is 117 Å². The molecular weight excluding hydrogens is 449 g/mol. The van der Waals surface area contributed by atoms with Gasteiger partial charge in [-0.25, -0.2) is 22.8 Å². The molecule has 10 nitrogen and oxygen atoms in total. The molecule has 176 valence electrons. The van der Waals surface area contributed by atoms with Crippen molar-refractivity contribution in [2.75, 3.05) is 42.7 Å². The van der Waals surface area contributed by atoms with E-state index in [2.05, 4.69) is 42.1 Å². The summed E-state index contributed by atoms with van der Waals surface area (Å²) in [6.07, 6.45) is 5.84. The van der Waals surface area contributed by atoms with Crippen molar-refractivity contribution >= 4 is 27.2 Å². The Morgan fingerprint density at radius 3 is 2.55 bits per heavy atom. The van der Waals surface area contributed by atoms with E-state index in [4.69, 9.17) is 4.52 Å². The fourth-order valence-electron chi connectivity index (χ4n) is 3.88. The van der Waals surface area contributed by atoms with Crippen LogP contribution in [0.5, 0.6) is 0 Å². The molecule has 1 atom stereocenters. The fourth-order valence-corrected chi connectivity index (χ4v) is 4.51. The van der Waals surface area contributed by atoms with Gasteiger partial charge in [0.05, 0.1) is 16.6 Å². The quantitative estimate of drug-likeness (QED) is 0.521. The maximum absolute atomic E-state index is 14.4. The van der Waals surface area contributed by atoms with Gasteiger partial charge < -0.3 is 14.7 Å². The highest BCUT2D eigenvalue weighted by molar-refractivity contribution is 7.90. The first-order valence-electron chi connectivity index (χ1n) is 10.7. The zero-order valence-corrected chi connectivity index (χ0v) is 19.3. The Morgan fingerprint density at radius 2 is 1.91 bits per heavy atom. The van der Waals surface area contributed by atoms with Crippen LogP contribution in [-0.4, -0.2) is 65.9 Å². The van der Waals surface area contributed by atoms with E-state index < -0.39 is 15.7 Å². The summed E-state index contributed by atoms with van der Waals surface area (Å²) in [5.74, 6) is 1.12. The number of piperazine rings is 1. The molecule has 4 rings (SSSR count). The summed E-state index contributed by atoms with van der Waals surface area (Å²) in [5.41, 5.74) is 0.138. The van der Waals surface area contributed by atoms with Crippen LogP contribution in [0.4, 0.5) is 21.7 Å². The number of aromatic nitrogens is 4. The molecule has 0 spiro atoms. The lowest BCUT2D eigenvalue weighted by Crippen LogP contribution is -2.48. The van der Waals surface area contributed by atoms with Crippen molar-refractivity contribution in [2.45, 2.75) is 30.7 Å². The van der Waals surface area contributed by atoms with E-state index in [0.717, 1.165) is 57.2 Å². The molecule has 3 aromatic rings. The summed E-state index contributed by atoms with van der Waals surface area (Å²) in [5, 5.41) is 6.65. The predicted molar refractivity (Wildman–Crippen MR) is 121 cm³/mol. The molecule has 1 unspecified atom stereocenters. The van der Waals surface area contributed by atoms with Crippen molar-refractivity contribution in [2.24, 2.45) is 0 Å². The average Bonchev–Trinajstić information content (AvgIpc) is 3.33. The SMILES string of the molecule is CCCC(c1ncno1)N1CCN(c2cc(Nc3ccc(S(C)(=O)=O)cc3F)ncn2)CC1. The largest absolute Gasteiger partial charge is 0.354 e. The highest BCUT2D eigenvalue weighted by Crippen LogP contribution is 2.27. The summed E-state index contributed by atoms with van der Waals surface area (Å²) in [4.78, 5) is 17.2. The van der Waals surface area contributed by atoms with Gasteiger partial charge in [0.25, 0.3) is 0 Å². The minimum absolute atomic E-state index is 0.0753. The zero-order chi connectivity index (χ0) is 23.4. The van der Waals surface area contributed by atoms with Gasteiger partial charge in [0.2, 0.25) is 5.89 Å². The van der Waals surface area contributed by atoms with Crippen LogP contribution in [0.25, 0.3) is 0 Å². The molecule has 0 saturated carbocycles. The lowest BCUT2D eigenvalue weighted by molar-refractivity contribution is 0.142.